The maximum atomic E-state index is 6.17. The molecule has 144 valence electrons. The Morgan fingerprint density at radius 1 is 1.14 bits per heavy atom. The van der Waals surface area contributed by atoms with E-state index in [0.717, 1.165) is 36.2 Å². The van der Waals surface area contributed by atoms with E-state index in [1.165, 1.54) is 10.5 Å². The SMILES string of the molecule is CC1SC(c2ccccc2)=CN1N1CCCC1c1nc2cc(Cl)c(Cl)cc2[nH]1. The molecule has 0 saturated carbocycles. The molecular weight excluding hydrogens is 411 g/mol. The lowest BCUT2D eigenvalue weighted by molar-refractivity contribution is 0.00255. The topological polar surface area (TPSA) is 35.2 Å². The van der Waals surface area contributed by atoms with Crippen LogP contribution in [0.15, 0.2) is 48.7 Å². The van der Waals surface area contributed by atoms with E-state index in [2.05, 4.69) is 58.5 Å². The molecule has 0 aliphatic carbocycles. The van der Waals surface area contributed by atoms with Gasteiger partial charge in [-0.05, 0) is 37.5 Å². The highest BCUT2D eigenvalue weighted by Gasteiger charge is 2.36. The Bertz CT molecular complexity index is 1010. The zero-order valence-corrected chi connectivity index (χ0v) is 17.7. The van der Waals surface area contributed by atoms with Crippen LogP contribution >= 0.6 is 35.0 Å². The fraction of sp³-hybridized carbons (Fsp3) is 0.286. The van der Waals surface area contributed by atoms with E-state index in [0.29, 0.717) is 15.4 Å². The summed E-state index contributed by atoms with van der Waals surface area (Å²) in [6.45, 7) is 3.28. The number of imidazole rings is 1. The molecule has 0 amide bonds. The number of halogens is 2. The van der Waals surface area contributed by atoms with E-state index in [9.17, 15) is 0 Å². The maximum Gasteiger partial charge on any atom is 0.126 e. The summed E-state index contributed by atoms with van der Waals surface area (Å²) in [4.78, 5) is 9.60. The van der Waals surface area contributed by atoms with E-state index in [4.69, 9.17) is 28.2 Å². The molecule has 4 nitrogen and oxygen atoms in total. The number of hydrazine groups is 1. The van der Waals surface area contributed by atoms with Crippen LogP contribution in [0.5, 0.6) is 0 Å². The molecule has 2 aromatic carbocycles. The van der Waals surface area contributed by atoms with Gasteiger partial charge in [0.2, 0.25) is 0 Å². The lowest BCUT2D eigenvalue weighted by atomic mass is 10.2. The number of aromatic nitrogens is 2. The summed E-state index contributed by atoms with van der Waals surface area (Å²) < 4.78 is 0. The largest absolute Gasteiger partial charge is 0.341 e. The minimum Gasteiger partial charge on any atom is -0.341 e. The molecule has 0 radical (unpaired) electrons. The molecule has 1 aromatic heterocycles. The predicted molar refractivity (Wildman–Crippen MR) is 118 cm³/mol. The molecule has 7 heteroatoms. The zero-order chi connectivity index (χ0) is 19.3. The standard InChI is InChI=1S/C21H20Cl2N4S/c1-13-27(12-20(28-13)14-6-3-2-4-7-14)26-9-5-8-19(26)21-24-17-10-15(22)16(23)11-18(17)25-21/h2-4,6-7,10-13,19H,5,8-9H2,1H3,(H,24,25). The third-order valence-electron chi connectivity index (χ3n) is 5.36. The molecule has 2 aliphatic rings. The molecular formula is C21H20Cl2N4S. The van der Waals surface area contributed by atoms with Crippen molar-refractivity contribution >= 4 is 50.9 Å². The lowest BCUT2D eigenvalue weighted by Gasteiger charge is -2.35. The Morgan fingerprint density at radius 2 is 1.93 bits per heavy atom. The number of aromatic amines is 1. The van der Waals surface area contributed by atoms with Crippen molar-refractivity contribution in [3.8, 4) is 0 Å². The van der Waals surface area contributed by atoms with E-state index >= 15 is 0 Å². The van der Waals surface area contributed by atoms with Gasteiger partial charge in [0.15, 0.2) is 0 Å². The molecule has 1 saturated heterocycles. The van der Waals surface area contributed by atoms with Crippen LogP contribution in [-0.4, -0.2) is 31.9 Å². The third-order valence-corrected chi connectivity index (χ3v) is 7.23. The number of thioether (sulfide) groups is 1. The smallest absolute Gasteiger partial charge is 0.126 e. The highest BCUT2D eigenvalue weighted by molar-refractivity contribution is 8.09. The number of hydrogen-bond donors (Lipinski definition) is 1. The van der Waals surface area contributed by atoms with Crippen LogP contribution in [0.4, 0.5) is 0 Å². The Kier molecular flexibility index (Phi) is 4.79. The summed E-state index contributed by atoms with van der Waals surface area (Å²) in [6.07, 6.45) is 4.49. The lowest BCUT2D eigenvalue weighted by Crippen LogP contribution is -2.41. The van der Waals surface area contributed by atoms with Gasteiger partial charge in [-0.2, -0.15) is 0 Å². The van der Waals surface area contributed by atoms with Crippen LogP contribution in [0.3, 0.4) is 0 Å². The predicted octanol–water partition coefficient (Wildman–Crippen LogP) is 6.32. The van der Waals surface area contributed by atoms with Gasteiger partial charge in [0.05, 0.1) is 32.5 Å². The second-order valence-corrected chi connectivity index (χ2v) is 9.36. The molecule has 1 fully saturated rings. The minimum absolute atomic E-state index is 0.222. The molecule has 2 atom stereocenters. The summed E-state index contributed by atoms with van der Waals surface area (Å²) in [5.41, 5.74) is 3.06. The first-order valence-electron chi connectivity index (χ1n) is 9.43. The monoisotopic (exact) mass is 430 g/mol. The molecule has 1 N–H and O–H groups in total. The molecule has 3 heterocycles. The van der Waals surface area contributed by atoms with E-state index in [-0.39, 0.29) is 6.04 Å². The number of H-pyrrole nitrogens is 1. The van der Waals surface area contributed by atoms with Crippen LogP contribution in [-0.2, 0) is 0 Å². The summed E-state index contributed by atoms with van der Waals surface area (Å²) in [7, 11) is 0. The van der Waals surface area contributed by atoms with Crippen molar-refractivity contribution in [2.45, 2.75) is 31.2 Å². The van der Waals surface area contributed by atoms with Crippen molar-refractivity contribution < 1.29 is 0 Å². The first-order chi connectivity index (χ1) is 13.6. The summed E-state index contributed by atoms with van der Waals surface area (Å²) in [6, 6.07) is 14.5. The van der Waals surface area contributed by atoms with Gasteiger partial charge in [-0.1, -0.05) is 65.3 Å². The quantitative estimate of drug-likeness (QED) is 0.527. The maximum absolute atomic E-state index is 6.17. The first-order valence-corrected chi connectivity index (χ1v) is 11.1. The van der Waals surface area contributed by atoms with Crippen LogP contribution < -0.4 is 0 Å². The van der Waals surface area contributed by atoms with Crippen LogP contribution in [0.1, 0.15) is 37.2 Å². The molecule has 28 heavy (non-hydrogen) atoms. The van der Waals surface area contributed by atoms with Crippen molar-refractivity contribution in [2.75, 3.05) is 6.54 Å². The number of nitrogens with zero attached hydrogens (tertiary/aromatic N) is 3. The summed E-state index contributed by atoms with van der Waals surface area (Å²) in [5, 5.41) is 6.25. The average Bonchev–Trinajstić information content (AvgIpc) is 3.40. The minimum atomic E-state index is 0.222. The normalized spacial score (nSPS) is 23.0. The molecule has 3 aromatic rings. The van der Waals surface area contributed by atoms with Crippen LogP contribution in [0.2, 0.25) is 10.0 Å². The van der Waals surface area contributed by atoms with E-state index in [1.54, 1.807) is 0 Å². The Morgan fingerprint density at radius 3 is 2.75 bits per heavy atom. The molecule has 5 rings (SSSR count). The summed E-state index contributed by atoms with van der Waals surface area (Å²) >= 11 is 14.2. The van der Waals surface area contributed by atoms with Gasteiger partial charge in [0, 0.05) is 17.6 Å². The van der Waals surface area contributed by atoms with Crippen molar-refractivity contribution in [1.29, 1.82) is 0 Å². The fourth-order valence-electron chi connectivity index (χ4n) is 4.01. The second-order valence-electron chi connectivity index (χ2n) is 7.18. The van der Waals surface area contributed by atoms with Gasteiger partial charge in [0.1, 0.15) is 5.82 Å². The van der Waals surface area contributed by atoms with E-state index < -0.39 is 0 Å². The second kappa shape index (κ2) is 7.30. The van der Waals surface area contributed by atoms with Gasteiger partial charge in [-0.25, -0.2) is 9.99 Å². The Hall–Kier alpha value is -1.66. The van der Waals surface area contributed by atoms with Gasteiger partial charge >= 0.3 is 0 Å². The van der Waals surface area contributed by atoms with Crippen molar-refractivity contribution in [1.82, 2.24) is 20.0 Å². The van der Waals surface area contributed by atoms with Gasteiger partial charge in [-0.15, -0.1) is 0 Å². The number of fused-ring (bicyclic) bond motifs is 1. The summed E-state index contributed by atoms with van der Waals surface area (Å²) in [5.74, 6) is 0.976. The van der Waals surface area contributed by atoms with Gasteiger partial charge < -0.3 is 4.98 Å². The number of benzene rings is 2. The van der Waals surface area contributed by atoms with Crippen LogP contribution in [0, 0.1) is 0 Å². The number of rotatable bonds is 3. The Labute approximate surface area is 178 Å². The number of nitrogens with one attached hydrogen (secondary N) is 1. The van der Waals surface area contributed by atoms with Crippen molar-refractivity contribution in [3.05, 3.63) is 70.1 Å². The molecule has 2 unspecified atom stereocenters. The fourth-order valence-corrected chi connectivity index (χ4v) is 5.43. The zero-order valence-electron chi connectivity index (χ0n) is 15.4. The van der Waals surface area contributed by atoms with Crippen LogP contribution in [0.25, 0.3) is 15.9 Å². The third kappa shape index (κ3) is 3.20. The van der Waals surface area contributed by atoms with E-state index in [1.807, 2.05) is 23.9 Å². The van der Waals surface area contributed by atoms with Crippen molar-refractivity contribution in [2.24, 2.45) is 0 Å². The van der Waals surface area contributed by atoms with Crippen molar-refractivity contribution in [3.63, 3.8) is 0 Å². The average molecular weight is 431 g/mol. The molecule has 2 aliphatic heterocycles. The van der Waals surface area contributed by atoms with Gasteiger partial charge in [-0.3, -0.25) is 5.01 Å². The van der Waals surface area contributed by atoms with Gasteiger partial charge in [0.25, 0.3) is 0 Å². The molecule has 0 spiro atoms. The molecule has 0 bridgehead atoms. The Balaban J connectivity index is 1.46. The highest BCUT2D eigenvalue weighted by Crippen LogP contribution is 2.44. The number of hydrogen-bond acceptors (Lipinski definition) is 4. The first kappa shape index (κ1) is 18.4. The highest BCUT2D eigenvalue weighted by atomic mass is 35.5.